The first-order valence-corrected chi connectivity index (χ1v) is 10.8. The zero-order chi connectivity index (χ0) is 22.4. The first-order valence-electron chi connectivity index (χ1n) is 10.4. The molecule has 0 unspecified atom stereocenters. The summed E-state index contributed by atoms with van der Waals surface area (Å²) in [7, 11) is 0. The van der Waals surface area contributed by atoms with Crippen molar-refractivity contribution in [2.45, 2.75) is 73.6 Å². The minimum atomic E-state index is -0.697. The van der Waals surface area contributed by atoms with Gasteiger partial charge in [-0.15, -0.1) is 0 Å². The van der Waals surface area contributed by atoms with E-state index in [1.165, 1.54) is 11.3 Å². The van der Waals surface area contributed by atoms with E-state index < -0.39 is 11.7 Å². The molecule has 0 saturated heterocycles. The minimum Gasteiger partial charge on any atom is -0.360 e. The molecule has 0 radical (unpaired) electrons. The van der Waals surface area contributed by atoms with Crippen LogP contribution in [-0.4, -0.2) is 20.9 Å². The quantitative estimate of drug-likeness (QED) is 0.453. The molecule has 2 heterocycles. The van der Waals surface area contributed by atoms with Gasteiger partial charge in [-0.3, -0.25) is 4.79 Å². The second-order valence-corrected chi connectivity index (χ2v) is 9.30. The Morgan fingerprint density at radius 1 is 1.17 bits per heavy atom. The molecule has 1 atom stereocenters. The van der Waals surface area contributed by atoms with E-state index in [1.54, 1.807) is 6.92 Å². The van der Waals surface area contributed by atoms with Crippen LogP contribution in [0.15, 0.2) is 24.3 Å². The molecule has 0 spiro atoms. The van der Waals surface area contributed by atoms with Gasteiger partial charge in [-0.25, -0.2) is 4.98 Å². The molecule has 0 aliphatic heterocycles. The first kappa shape index (κ1) is 22.5. The number of Topliss-reactive ketones (excluding diaryl/α,β-unsaturated/α-hetero) is 1. The Labute approximate surface area is 184 Å². The Morgan fingerprint density at radius 3 is 2.27 bits per heavy atom. The highest BCUT2D eigenvalue weighted by Gasteiger charge is 2.31. The van der Waals surface area contributed by atoms with Crippen molar-refractivity contribution in [1.82, 2.24) is 9.55 Å². The van der Waals surface area contributed by atoms with Gasteiger partial charge in [-0.2, -0.15) is 0 Å². The van der Waals surface area contributed by atoms with E-state index in [1.807, 2.05) is 52.0 Å². The Kier molecular flexibility index (Phi) is 6.13. The van der Waals surface area contributed by atoms with Gasteiger partial charge in [0.2, 0.25) is 0 Å². The number of fused-ring (bicyclic) bond motifs is 1. The smallest absolute Gasteiger partial charge is 0.163 e. The van der Waals surface area contributed by atoms with E-state index in [-0.39, 0.29) is 5.78 Å². The Bertz CT molecular complexity index is 1110. The summed E-state index contributed by atoms with van der Waals surface area (Å²) in [6, 6.07) is 7.78. The van der Waals surface area contributed by atoms with Crippen LogP contribution in [0.4, 0.5) is 0 Å². The molecule has 4 nitrogen and oxygen atoms in total. The molecule has 0 aliphatic carbocycles. The van der Waals surface area contributed by atoms with Crippen molar-refractivity contribution in [2.75, 3.05) is 0 Å². The SMILES string of the molecule is CCn1c(C)c(C)c2c(-c3ccc(Cl)cc3)c([C@@H](OC(C)(C)C)C(C)=O)c(C)nc21. The van der Waals surface area contributed by atoms with Crippen molar-refractivity contribution in [2.24, 2.45) is 0 Å². The molecule has 30 heavy (non-hydrogen) atoms. The van der Waals surface area contributed by atoms with Crippen molar-refractivity contribution in [3.8, 4) is 11.1 Å². The molecule has 0 bridgehead atoms. The fourth-order valence-electron chi connectivity index (χ4n) is 4.12. The van der Waals surface area contributed by atoms with Gasteiger partial charge in [-0.05, 0) is 78.6 Å². The lowest BCUT2D eigenvalue weighted by Crippen LogP contribution is -2.27. The summed E-state index contributed by atoms with van der Waals surface area (Å²) in [5.41, 5.74) is 6.47. The van der Waals surface area contributed by atoms with Crippen LogP contribution in [-0.2, 0) is 16.1 Å². The number of hydrogen-bond donors (Lipinski definition) is 0. The minimum absolute atomic E-state index is 0.0336. The molecular formula is C25H31ClN2O2. The monoisotopic (exact) mass is 426 g/mol. The number of hydrogen-bond acceptors (Lipinski definition) is 3. The van der Waals surface area contributed by atoms with Crippen LogP contribution in [0.25, 0.3) is 22.2 Å². The van der Waals surface area contributed by atoms with E-state index in [0.29, 0.717) is 5.02 Å². The van der Waals surface area contributed by atoms with Gasteiger partial charge in [-0.1, -0.05) is 23.7 Å². The molecule has 3 aromatic rings. The molecule has 0 saturated carbocycles. The van der Waals surface area contributed by atoms with Crippen LogP contribution in [0, 0.1) is 20.8 Å². The van der Waals surface area contributed by atoms with Crippen LogP contribution >= 0.6 is 11.6 Å². The van der Waals surface area contributed by atoms with Gasteiger partial charge >= 0.3 is 0 Å². The highest BCUT2D eigenvalue weighted by atomic mass is 35.5. The van der Waals surface area contributed by atoms with Crippen molar-refractivity contribution in [1.29, 1.82) is 0 Å². The van der Waals surface area contributed by atoms with Crippen molar-refractivity contribution in [3.63, 3.8) is 0 Å². The molecule has 3 rings (SSSR count). The predicted octanol–water partition coefficient (Wildman–Crippen LogP) is 6.75. The van der Waals surface area contributed by atoms with E-state index in [0.717, 1.165) is 40.0 Å². The molecule has 1 aromatic carbocycles. The van der Waals surface area contributed by atoms with Crippen LogP contribution in [0.5, 0.6) is 0 Å². The number of aromatic nitrogens is 2. The lowest BCUT2D eigenvalue weighted by atomic mass is 9.90. The molecular weight excluding hydrogens is 396 g/mol. The first-order chi connectivity index (χ1) is 14.0. The maximum atomic E-state index is 12.8. The number of benzene rings is 1. The number of carbonyl (C=O) groups excluding carboxylic acids is 1. The number of aryl methyl sites for hydroxylation is 3. The fourth-order valence-corrected chi connectivity index (χ4v) is 4.24. The molecule has 2 aromatic heterocycles. The van der Waals surface area contributed by atoms with Crippen molar-refractivity contribution < 1.29 is 9.53 Å². The Hall–Kier alpha value is -2.17. The van der Waals surface area contributed by atoms with Gasteiger partial charge in [0.05, 0.1) is 5.60 Å². The average molecular weight is 427 g/mol. The summed E-state index contributed by atoms with van der Waals surface area (Å²) < 4.78 is 8.51. The maximum absolute atomic E-state index is 12.8. The lowest BCUT2D eigenvalue weighted by molar-refractivity contribution is -0.138. The third kappa shape index (κ3) is 4.03. The number of carbonyl (C=O) groups is 1. The molecule has 160 valence electrons. The summed E-state index contributed by atoms with van der Waals surface area (Å²) >= 11 is 6.18. The van der Waals surface area contributed by atoms with Crippen LogP contribution in [0.1, 0.15) is 63.2 Å². The van der Waals surface area contributed by atoms with Crippen molar-refractivity contribution >= 4 is 28.4 Å². The van der Waals surface area contributed by atoms with Crippen LogP contribution in [0.2, 0.25) is 5.02 Å². The largest absolute Gasteiger partial charge is 0.360 e. The van der Waals surface area contributed by atoms with Gasteiger partial charge < -0.3 is 9.30 Å². The Morgan fingerprint density at radius 2 is 1.77 bits per heavy atom. The number of pyridine rings is 1. The highest BCUT2D eigenvalue weighted by molar-refractivity contribution is 6.30. The van der Waals surface area contributed by atoms with E-state index in [4.69, 9.17) is 21.3 Å². The third-order valence-corrected chi connectivity index (χ3v) is 5.79. The van der Waals surface area contributed by atoms with Gasteiger partial charge in [0, 0.05) is 39.5 Å². The van der Waals surface area contributed by atoms with Crippen molar-refractivity contribution in [3.05, 3.63) is 51.8 Å². The van der Waals surface area contributed by atoms with E-state index in [9.17, 15) is 4.79 Å². The second-order valence-electron chi connectivity index (χ2n) is 8.87. The normalized spacial score (nSPS) is 13.1. The summed E-state index contributed by atoms with van der Waals surface area (Å²) in [6.45, 7) is 16.7. The standard InChI is InChI=1S/C25H31ClN2O2/c1-9-28-16(4)14(2)20-22(18-10-12-19(26)13-11-18)21(15(3)27-24(20)28)23(17(5)29)30-25(6,7)8/h10-13,23H,9H2,1-8H3/t23-/m0/s1. The molecule has 5 heteroatoms. The lowest BCUT2D eigenvalue weighted by Gasteiger charge is -2.29. The van der Waals surface area contributed by atoms with Crippen LogP contribution in [0.3, 0.4) is 0 Å². The average Bonchev–Trinajstić information content (AvgIpc) is 2.88. The van der Waals surface area contributed by atoms with E-state index in [2.05, 4.69) is 25.3 Å². The number of ether oxygens (including phenoxy) is 1. The topological polar surface area (TPSA) is 44.1 Å². The Balaban J connectivity index is 2.49. The van der Waals surface area contributed by atoms with Gasteiger partial charge in [0.25, 0.3) is 0 Å². The molecule has 0 fully saturated rings. The highest BCUT2D eigenvalue weighted by Crippen LogP contribution is 2.42. The zero-order valence-corrected chi connectivity index (χ0v) is 19.9. The third-order valence-electron chi connectivity index (χ3n) is 5.54. The second kappa shape index (κ2) is 8.16. The van der Waals surface area contributed by atoms with Gasteiger partial charge in [0.15, 0.2) is 5.78 Å². The van der Waals surface area contributed by atoms with Gasteiger partial charge in [0.1, 0.15) is 11.8 Å². The van der Waals surface area contributed by atoms with Crippen LogP contribution < -0.4 is 0 Å². The molecule has 0 N–H and O–H groups in total. The number of ketones is 1. The zero-order valence-electron chi connectivity index (χ0n) is 19.2. The number of nitrogens with zero attached hydrogens (tertiary/aromatic N) is 2. The summed E-state index contributed by atoms with van der Waals surface area (Å²) in [4.78, 5) is 17.8. The predicted molar refractivity (Wildman–Crippen MR) is 124 cm³/mol. The maximum Gasteiger partial charge on any atom is 0.163 e. The molecule has 0 aliphatic rings. The van der Waals surface area contributed by atoms with E-state index >= 15 is 0 Å². The summed E-state index contributed by atoms with van der Waals surface area (Å²) in [5.74, 6) is -0.0336. The summed E-state index contributed by atoms with van der Waals surface area (Å²) in [5, 5.41) is 1.75. The number of rotatable bonds is 5. The molecule has 0 amide bonds. The fraction of sp³-hybridized carbons (Fsp3) is 0.440. The number of halogens is 1. The summed E-state index contributed by atoms with van der Waals surface area (Å²) in [6.07, 6.45) is -0.697.